The Morgan fingerprint density at radius 1 is 1.06 bits per heavy atom. The van der Waals surface area contributed by atoms with Crippen molar-refractivity contribution in [2.24, 2.45) is 0 Å². The van der Waals surface area contributed by atoms with Gasteiger partial charge in [0.2, 0.25) is 5.60 Å². The van der Waals surface area contributed by atoms with E-state index in [-0.39, 0.29) is 28.8 Å². The molecule has 0 bridgehead atoms. The summed E-state index contributed by atoms with van der Waals surface area (Å²) in [5, 5.41) is 13.0. The molecule has 0 fully saturated rings. The van der Waals surface area contributed by atoms with Crippen molar-refractivity contribution >= 4 is 29.1 Å². The number of ether oxygens (including phenoxy) is 1. The van der Waals surface area contributed by atoms with Crippen molar-refractivity contribution in [1.29, 1.82) is 0 Å². The minimum absolute atomic E-state index is 0.0327. The smallest absolute Gasteiger partial charge is 0.426 e. The van der Waals surface area contributed by atoms with Gasteiger partial charge in [-0.05, 0) is 55.3 Å². The van der Waals surface area contributed by atoms with Crippen molar-refractivity contribution in [3.8, 4) is 28.8 Å². The summed E-state index contributed by atoms with van der Waals surface area (Å²) < 4.78 is 44.1. The van der Waals surface area contributed by atoms with Crippen LogP contribution in [-0.4, -0.2) is 44.9 Å². The Morgan fingerprint density at radius 3 is 2.32 bits per heavy atom. The quantitative estimate of drug-likeness (QED) is 0.474. The van der Waals surface area contributed by atoms with Gasteiger partial charge in [-0.2, -0.15) is 23.1 Å². The molecule has 0 spiro atoms. The second-order valence-corrected chi connectivity index (χ2v) is 8.29. The zero-order valence-corrected chi connectivity index (χ0v) is 19.7. The molecule has 0 aliphatic carbocycles. The van der Waals surface area contributed by atoms with E-state index in [0.717, 1.165) is 12.7 Å². The lowest BCUT2D eigenvalue weighted by molar-refractivity contribution is -0.253. The second kappa shape index (κ2) is 9.73. The standard InChI is InChI=1S/C22H19Cl2F3N4O3/c1-11-8-13(5-7-15(11)23)17-29-18(31-20(33)30-17)14-9-12(4-6-16(14)24)10-28-19(32)21(2,34-3)22(25,26)27/h4-9H,10H2,1-3H3,(H,28,32)(H,29,30,31,33). The lowest BCUT2D eigenvalue weighted by atomic mass is 10.0. The molecular weight excluding hydrogens is 496 g/mol. The van der Waals surface area contributed by atoms with Crippen LogP contribution in [0.2, 0.25) is 10.0 Å². The van der Waals surface area contributed by atoms with Gasteiger partial charge in [-0.15, -0.1) is 0 Å². The van der Waals surface area contributed by atoms with E-state index in [1.165, 1.54) is 18.2 Å². The fourth-order valence-electron chi connectivity index (χ4n) is 2.94. The number of aryl methyl sites for hydroxylation is 1. The van der Waals surface area contributed by atoms with Gasteiger partial charge < -0.3 is 15.2 Å². The van der Waals surface area contributed by atoms with Gasteiger partial charge in [-0.1, -0.05) is 29.3 Å². The summed E-state index contributed by atoms with van der Waals surface area (Å²) in [4.78, 5) is 24.4. The predicted octanol–water partition coefficient (Wildman–Crippen LogP) is 5.11. The Hall–Kier alpha value is -2.95. The van der Waals surface area contributed by atoms with Crippen molar-refractivity contribution in [2.75, 3.05) is 7.11 Å². The van der Waals surface area contributed by atoms with Crippen molar-refractivity contribution < 1.29 is 27.8 Å². The van der Waals surface area contributed by atoms with Gasteiger partial charge in [-0.25, -0.2) is 4.98 Å². The first kappa shape index (κ1) is 25.7. The Labute approximate surface area is 202 Å². The van der Waals surface area contributed by atoms with E-state index >= 15 is 0 Å². The Balaban J connectivity index is 1.91. The molecule has 1 aromatic heterocycles. The number of carbonyl (C=O) groups excluding carboxylic acids is 1. The number of halogens is 5. The zero-order valence-electron chi connectivity index (χ0n) is 18.2. The van der Waals surface area contributed by atoms with Crippen molar-refractivity contribution in [1.82, 2.24) is 20.3 Å². The van der Waals surface area contributed by atoms with E-state index in [0.29, 0.717) is 23.1 Å². The van der Waals surface area contributed by atoms with Crippen LogP contribution in [0.1, 0.15) is 18.1 Å². The number of nitrogens with one attached hydrogen (secondary N) is 1. The van der Waals surface area contributed by atoms with E-state index in [4.69, 9.17) is 23.2 Å². The molecule has 7 nitrogen and oxygen atoms in total. The summed E-state index contributed by atoms with van der Waals surface area (Å²) in [5.74, 6) is -1.15. The Morgan fingerprint density at radius 2 is 1.71 bits per heavy atom. The number of amides is 1. The molecule has 0 aliphatic heterocycles. The molecule has 3 aromatic rings. The summed E-state index contributed by atoms with van der Waals surface area (Å²) in [7, 11) is 0.806. The Kier molecular flexibility index (Phi) is 7.35. The SMILES string of the molecule is COC(C)(C(=O)NCc1ccc(Cl)c(-c2nc(O)nc(-c3ccc(Cl)c(C)c3)n2)c1)C(F)(F)F. The van der Waals surface area contributed by atoms with E-state index in [1.54, 1.807) is 25.1 Å². The van der Waals surface area contributed by atoms with Crippen LogP contribution >= 0.6 is 23.2 Å². The molecule has 1 amide bonds. The molecule has 1 atom stereocenters. The topological polar surface area (TPSA) is 97.2 Å². The van der Waals surface area contributed by atoms with Crippen LogP contribution in [0.3, 0.4) is 0 Å². The average molecular weight is 515 g/mol. The molecule has 180 valence electrons. The van der Waals surface area contributed by atoms with Gasteiger partial charge >= 0.3 is 12.2 Å². The molecule has 0 saturated heterocycles. The van der Waals surface area contributed by atoms with Gasteiger partial charge in [0.05, 0.1) is 5.02 Å². The minimum Gasteiger partial charge on any atom is -0.479 e. The van der Waals surface area contributed by atoms with Crippen LogP contribution in [0.25, 0.3) is 22.8 Å². The zero-order chi connectivity index (χ0) is 25.3. The van der Waals surface area contributed by atoms with Crippen LogP contribution in [0.5, 0.6) is 6.01 Å². The van der Waals surface area contributed by atoms with Crippen LogP contribution in [0, 0.1) is 6.92 Å². The molecule has 0 radical (unpaired) electrons. The number of carbonyl (C=O) groups is 1. The summed E-state index contributed by atoms with van der Waals surface area (Å²) in [6, 6.07) is 9.02. The Bertz CT molecular complexity index is 1240. The van der Waals surface area contributed by atoms with Gasteiger partial charge in [-0.3, -0.25) is 4.79 Å². The van der Waals surface area contributed by atoms with E-state index in [2.05, 4.69) is 25.0 Å². The summed E-state index contributed by atoms with van der Waals surface area (Å²) in [5.41, 5.74) is -0.960. The molecule has 2 aromatic carbocycles. The van der Waals surface area contributed by atoms with Crippen molar-refractivity contribution in [2.45, 2.75) is 32.2 Å². The number of alkyl halides is 3. The maximum absolute atomic E-state index is 13.2. The largest absolute Gasteiger partial charge is 0.479 e. The monoisotopic (exact) mass is 514 g/mol. The summed E-state index contributed by atoms with van der Waals surface area (Å²) in [6.07, 6.45) is -4.91. The fourth-order valence-corrected chi connectivity index (χ4v) is 3.26. The third-order valence-corrected chi connectivity index (χ3v) is 5.90. The number of rotatable bonds is 6. The van der Waals surface area contributed by atoms with Gasteiger partial charge in [0, 0.05) is 29.8 Å². The normalized spacial score (nSPS) is 13.4. The van der Waals surface area contributed by atoms with E-state index < -0.39 is 23.7 Å². The third-order valence-electron chi connectivity index (χ3n) is 5.15. The first-order chi connectivity index (χ1) is 15.9. The van der Waals surface area contributed by atoms with Crippen LogP contribution < -0.4 is 5.32 Å². The average Bonchev–Trinajstić information content (AvgIpc) is 2.78. The first-order valence-electron chi connectivity index (χ1n) is 9.76. The number of aromatic hydroxyl groups is 1. The van der Waals surface area contributed by atoms with E-state index in [9.17, 15) is 23.1 Å². The number of hydrogen-bond donors (Lipinski definition) is 2. The highest BCUT2D eigenvalue weighted by molar-refractivity contribution is 6.33. The molecule has 12 heteroatoms. The third kappa shape index (κ3) is 5.24. The summed E-state index contributed by atoms with van der Waals surface area (Å²) >= 11 is 12.3. The molecule has 34 heavy (non-hydrogen) atoms. The van der Waals surface area contributed by atoms with Crippen LogP contribution in [0.4, 0.5) is 13.2 Å². The van der Waals surface area contributed by atoms with Crippen molar-refractivity contribution in [3.05, 3.63) is 57.6 Å². The number of hydrogen-bond acceptors (Lipinski definition) is 6. The summed E-state index contributed by atoms with van der Waals surface area (Å²) in [6.45, 7) is 2.19. The highest BCUT2D eigenvalue weighted by Crippen LogP contribution is 2.33. The van der Waals surface area contributed by atoms with Gasteiger partial charge in [0.25, 0.3) is 5.91 Å². The van der Waals surface area contributed by atoms with E-state index in [1.807, 2.05) is 0 Å². The number of nitrogens with zero attached hydrogens (tertiary/aromatic N) is 3. The number of aromatic nitrogens is 3. The molecule has 0 saturated carbocycles. The maximum atomic E-state index is 13.2. The first-order valence-corrected chi connectivity index (χ1v) is 10.5. The molecule has 1 unspecified atom stereocenters. The number of benzene rings is 2. The van der Waals surface area contributed by atoms with Gasteiger partial charge in [0.1, 0.15) is 0 Å². The highest BCUT2D eigenvalue weighted by atomic mass is 35.5. The molecule has 2 N–H and O–H groups in total. The second-order valence-electron chi connectivity index (χ2n) is 7.48. The lowest BCUT2D eigenvalue weighted by Gasteiger charge is -2.29. The van der Waals surface area contributed by atoms with Crippen LogP contribution in [0.15, 0.2) is 36.4 Å². The molecule has 0 aliphatic rings. The predicted molar refractivity (Wildman–Crippen MR) is 120 cm³/mol. The fraction of sp³-hybridized carbons (Fsp3) is 0.273. The van der Waals surface area contributed by atoms with Crippen molar-refractivity contribution in [3.63, 3.8) is 0 Å². The molecule has 1 heterocycles. The maximum Gasteiger partial charge on any atom is 0.426 e. The van der Waals surface area contributed by atoms with Gasteiger partial charge in [0.15, 0.2) is 11.6 Å². The minimum atomic E-state index is -4.91. The number of methoxy groups -OCH3 is 1. The highest BCUT2D eigenvalue weighted by Gasteiger charge is 2.57. The lowest BCUT2D eigenvalue weighted by Crippen LogP contribution is -2.55. The molecule has 3 rings (SSSR count). The molecular formula is C22H19Cl2F3N4O3. The van der Waals surface area contributed by atoms with Crippen LogP contribution in [-0.2, 0) is 16.1 Å².